The molecule has 1 atom stereocenters. The van der Waals surface area contributed by atoms with Crippen LogP contribution in [0.5, 0.6) is 5.75 Å². The summed E-state index contributed by atoms with van der Waals surface area (Å²) in [5.41, 5.74) is 2.92. The van der Waals surface area contributed by atoms with Crippen LogP contribution in [0, 0.1) is 5.41 Å². The highest BCUT2D eigenvalue weighted by molar-refractivity contribution is 7.13. The first kappa shape index (κ1) is 23.3. The molecule has 4 rings (SSSR count). The number of pyridine rings is 1. The van der Waals surface area contributed by atoms with E-state index in [1.807, 2.05) is 16.0 Å². The van der Waals surface area contributed by atoms with Crippen LogP contribution in [0.2, 0.25) is 0 Å². The van der Waals surface area contributed by atoms with Crippen molar-refractivity contribution in [2.45, 2.75) is 39.7 Å². The number of nitrogens with zero attached hydrogens (tertiary/aromatic N) is 1. The van der Waals surface area contributed by atoms with Crippen molar-refractivity contribution in [1.29, 1.82) is 0 Å². The molecule has 0 saturated heterocycles. The maximum absolute atomic E-state index is 12.7. The smallest absolute Gasteiger partial charge is 0.341 e. The summed E-state index contributed by atoms with van der Waals surface area (Å²) in [6.45, 7) is 7.58. The second-order valence-electron chi connectivity index (χ2n) is 9.41. The first-order valence-electron chi connectivity index (χ1n) is 11.0. The minimum Gasteiger partial charge on any atom is -0.493 e. The molecule has 1 aliphatic rings. The van der Waals surface area contributed by atoms with Crippen molar-refractivity contribution in [2.75, 3.05) is 20.3 Å². The monoisotopic (exact) mass is 467 g/mol. The molecule has 6 nitrogen and oxygen atoms in total. The zero-order valence-corrected chi connectivity index (χ0v) is 20.2. The summed E-state index contributed by atoms with van der Waals surface area (Å²) in [5, 5.41) is 11.6. The van der Waals surface area contributed by atoms with Gasteiger partial charge in [0.15, 0.2) is 5.43 Å². The summed E-state index contributed by atoms with van der Waals surface area (Å²) < 4.78 is 13.3. The van der Waals surface area contributed by atoms with Crippen LogP contribution < -0.4 is 10.2 Å². The Bertz CT molecular complexity index is 1220. The number of aromatic carboxylic acids is 1. The summed E-state index contributed by atoms with van der Waals surface area (Å²) in [7, 11) is 1.68. The number of carboxylic acid groups (broad SMARTS) is 1. The normalized spacial score (nSPS) is 15.1. The molecular formula is C26H29NO5S. The molecule has 7 heteroatoms. The Balaban J connectivity index is 1.90. The van der Waals surface area contributed by atoms with E-state index in [1.54, 1.807) is 18.4 Å². The number of benzene rings is 1. The number of methoxy groups -OCH3 is 1. The number of ether oxygens (including phenoxy) is 2. The van der Waals surface area contributed by atoms with Gasteiger partial charge in [-0.3, -0.25) is 4.79 Å². The first-order chi connectivity index (χ1) is 15.7. The molecule has 0 radical (unpaired) electrons. The van der Waals surface area contributed by atoms with Gasteiger partial charge in [-0.15, -0.1) is 11.3 Å². The van der Waals surface area contributed by atoms with Crippen molar-refractivity contribution < 1.29 is 19.4 Å². The summed E-state index contributed by atoms with van der Waals surface area (Å²) >= 11 is 1.63. The van der Waals surface area contributed by atoms with E-state index in [0.29, 0.717) is 19.6 Å². The van der Waals surface area contributed by atoms with Crippen LogP contribution in [0.4, 0.5) is 0 Å². The fraction of sp³-hybridized carbons (Fsp3) is 0.385. The number of rotatable bonds is 7. The fourth-order valence-electron chi connectivity index (χ4n) is 4.37. The molecule has 33 heavy (non-hydrogen) atoms. The summed E-state index contributed by atoms with van der Waals surface area (Å²) in [5.74, 6) is -0.384. The molecule has 3 aromatic rings. The molecule has 3 heterocycles. The highest BCUT2D eigenvalue weighted by Gasteiger charge is 2.34. The Morgan fingerprint density at radius 2 is 2.00 bits per heavy atom. The zero-order valence-electron chi connectivity index (χ0n) is 19.4. The average molecular weight is 468 g/mol. The van der Waals surface area contributed by atoms with E-state index in [2.05, 4.69) is 39.0 Å². The van der Waals surface area contributed by atoms with Crippen molar-refractivity contribution in [1.82, 2.24) is 4.57 Å². The molecule has 0 aliphatic carbocycles. The van der Waals surface area contributed by atoms with Gasteiger partial charge in [0.25, 0.3) is 0 Å². The maximum Gasteiger partial charge on any atom is 0.341 e. The Morgan fingerprint density at radius 3 is 2.64 bits per heavy atom. The molecule has 174 valence electrons. The summed E-state index contributed by atoms with van der Waals surface area (Å²) in [6.07, 6.45) is 3.02. The number of hydrogen-bond donors (Lipinski definition) is 1. The lowest BCUT2D eigenvalue weighted by Gasteiger charge is -2.39. The van der Waals surface area contributed by atoms with Crippen LogP contribution in [0.1, 0.15) is 49.2 Å². The minimum atomic E-state index is -1.20. The Hall–Kier alpha value is -2.90. The summed E-state index contributed by atoms with van der Waals surface area (Å²) in [6, 6.07) is 9.69. The molecule has 0 saturated carbocycles. The topological polar surface area (TPSA) is 77.8 Å². The number of thiophene rings is 1. The third-order valence-electron chi connectivity index (χ3n) is 6.08. The largest absolute Gasteiger partial charge is 0.493 e. The minimum absolute atomic E-state index is 0.00682. The van der Waals surface area contributed by atoms with Crippen LogP contribution in [0.3, 0.4) is 0 Å². The molecule has 0 spiro atoms. The molecule has 1 N–H and O–H groups in total. The van der Waals surface area contributed by atoms with Crippen molar-refractivity contribution in [3.8, 4) is 27.4 Å². The first-order valence-corrected chi connectivity index (χ1v) is 11.9. The molecule has 2 aromatic heterocycles. The van der Waals surface area contributed by atoms with Gasteiger partial charge in [0.1, 0.15) is 11.3 Å². The van der Waals surface area contributed by atoms with Gasteiger partial charge in [-0.05, 0) is 41.0 Å². The number of carboxylic acids is 1. The zero-order chi connectivity index (χ0) is 23.8. The maximum atomic E-state index is 12.7. The Labute approximate surface area is 197 Å². The van der Waals surface area contributed by atoms with Gasteiger partial charge in [-0.2, -0.15) is 0 Å². The second-order valence-corrected chi connectivity index (χ2v) is 10.4. The van der Waals surface area contributed by atoms with Crippen molar-refractivity contribution in [3.05, 3.63) is 63.3 Å². The lowest BCUT2D eigenvalue weighted by atomic mass is 9.78. The Kier molecular flexibility index (Phi) is 6.45. The summed E-state index contributed by atoms with van der Waals surface area (Å²) in [4.78, 5) is 25.4. The van der Waals surface area contributed by atoms with E-state index in [1.165, 1.54) is 12.3 Å². The molecule has 1 aromatic carbocycles. The van der Waals surface area contributed by atoms with Crippen molar-refractivity contribution in [2.24, 2.45) is 5.41 Å². The second kappa shape index (κ2) is 9.15. The average Bonchev–Trinajstić information content (AvgIpc) is 3.29. The van der Waals surface area contributed by atoms with E-state index < -0.39 is 11.4 Å². The van der Waals surface area contributed by atoms with Gasteiger partial charge in [-0.25, -0.2) is 4.79 Å². The number of fused-ring (bicyclic) bond motifs is 3. The van der Waals surface area contributed by atoms with Gasteiger partial charge in [-0.1, -0.05) is 26.8 Å². The van der Waals surface area contributed by atoms with E-state index in [4.69, 9.17) is 9.47 Å². The van der Waals surface area contributed by atoms with Crippen molar-refractivity contribution >= 4 is 17.3 Å². The van der Waals surface area contributed by atoms with E-state index in [-0.39, 0.29) is 17.0 Å². The molecule has 1 unspecified atom stereocenters. The number of carbonyl (C=O) groups is 1. The molecule has 0 fully saturated rings. The molecular weight excluding hydrogens is 438 g/mol. The molecule has 0 amide bonds. The van der Waals surface area contributed by atoms with Gasteiger partial charge >= 0.3 is 5.97 Å². The van der Waals surface area contributed by atoms with E-state index in [0.717, 1.165) is 39.4 Å². The number of aromatic nitrogens is 1. The third-order valence-corrected chi connectivity index (χ3v) is 6.98. The highest BCUT2D eigenvalue weighted by atomic mass is 32.1. The van der Waals surface area contributed by atoms with Crippen LogP contribution in [-0.2, 0) is 11.2 Å². The van der Waals surface area contributed by atoms with Crippen LogP contribution in [0.25, 0.3) is 21.7 Å². The van der Waals surface area contributed by atoms with Gasteiger partial charge in [0.05, 0.1) is 12.3 Å². The van der Waals surface area contributed by atoms with E-state index >= 15 is 0 Å². The van der Waals surface area contributed by atoms with Gasteiger partial charge in [0, 0.05) is 54.4 Å². The lowest BCUT2D eigenvalue weighted by molar-refractivity contribution is 0.0693. The Morgan fingerprint density at radius 1 is 1.21 bits per heavy atom. The number of hydrogen-bond acceptors (Lipinski definition) is 5. The van der Waals surface area contributed by atoms with E-state index in [9.17, 15) is 14.7 Å². The van der Waals surface area contributed by atoms with Crippen LogP contribution in [0.15, 0.2) is 46.7 Å². The van der Waals surface area contributed by atoms with Gasteiger partial charge < -0.3 is 19.1 Å². The van der Waals surface area contributed by atoms with Crippen LogP contribution in [-0.4, -0.2) is 36.0 Å². The standard InChI is InChI=1S/C26H29NO5S/c1-26(2,3)24-12-16-11-22(32-9-6-8-31-4)18(23-7-5-10-33-23)13-17(16)20-14-21(28)19(25(29)30)15-27(20)24/h5,7,10-11,13-15,24H,6,8-9,12H2,1-4H3,(H,29,30). The van der Waals surface area contributed by atoms with Crippen LogP contribution >= 0.6 is 11.3 Å². The quantitative estimate of drug-likeness (QED) is 0.464. The molecule has 1 aliphatic heterocycles. The van der Waals surface area contributed by atoms with Gasteiger partial charge in [0.2, 0.25) is 0 Å². The third kappa shape index (κ3) is 4.61. The van der Waals surface area contributed by atoms with Crippen molar-refractivity contribution in [3.63, 3.8) is 0 Å². The highest BCUT2D eigenvalue weighted by Crippen LogP contribution is 2.46. The molecule has 0 bridgehead atoms. The predicted octanol–water partition coefficient (Wildman–Crippen LogP) is 5.50. The fourth-order valence-corrected chi connectivity index (χ4v) is 5.12. The SMILES string of the molecule is COCCCOc1cc2c(cc1-c1cccs1)-c1cc(=O)c(C(=O)O)cn1C(C(C)(C)C)C2. The lowest BCUT2D eigenvalue weighted by Crippen LogP contribution is -2.32. The predicted molar refractivity (Wildman–Crippen MR) is 131 cm³/mol.